The van der Waals surface area contributed by atoms with Gasteiger partial charge in [-0.05, 0) is 30.9 Å². The molecule has 0 saturated carbocycles. The lowest BCUT2D eigenvalue weighted by molar-refractivity contribution is 0.566. The molecule has 1 aliphatic rings. The number of aromatic nitrogens is 3. The van der Waals surface area contributed by atoms with Gasteiger partial charge in [0.15, 0.2) is 0 Å². The molecule has 21 heavy (non-hydrogen) atoms. The average molecular weight is 296 g/mol. The molecule has 0 spiro atoms. The molecule has 2 aromatic heterocycles. The molecule has 4 nitrogen and oxygen atoms in total. The van der Waals surface area contributed by atoms with Crippen molar-refractivity contribution in [2.45, 2.75) is 19.3 Å². The van der Waals surface area contributed by atoms with Gasteiger partial charge in [0, 0.05) is 18.0 Å². The number of hydrogen-bond acceptors (Lipinski definition) is 5. The van der Waals surface area contributed by atoms with E-state index in [0.29, 0.717) is 0 Å². The summed E-state index contributed by atoms with van der Waals surface area (Å²) < 4.78 is 0. The highest BCUT2D eigenvalue weighted by Crippen LogP contribution is 2.31. The summed E-state index contributed by atoms with van der Waals surface area (Å²) in [7, 11) is 0. The van der Waals surface area contributed by atoms with Crippen LogP contribution in [0.25, 0.3) is 20.8 Å². The summed E-state index contributed by atoms with van der Waals surface area (Å²) in [4.78, 5) is 9.14. The maximum Gasteiger partial charge on any atom is 0.246 e. The first-order chi connectivity index (χ1) is 10.4. The zero-order chi connectivity index (χ0) is 14.1. The van der Waals surface area contributed by atoms with E-state index in [-0.39, 0.29) is 0 Å². The first-order valence-corrected chi connectivity index (χ1v) is 8.16. The molecule has 0 radical (unpaired) electrons. The summed E-state index contributed by atoms with van der Waals surface area (Å²) in [6, 6.07) is 12.4. The Labute approximate surface area is 127 Å². The molecular formula is C16H16N4S. The second-order valence-corrected chi connectivity index (χ2v) is 6.36. The molecule has 0 aliphatic carbocycles. The van der Waals surface area contributed by atoms with Crippen molar-refractivity contribution in [2.24, 2.45) is 0 Å². The highest BCUT2D eigenvalue weighted by Gasteiger charge is 2.15. The lowest BCUT2D eigenvalue weighted by Crippen LogP contribution is -2.31. The molecule has 3 aromatic rings. The molecule has 3 heterocycles. The van der Waals surface area contributed by atoms with Gasteiger partial charge in [-0.25, -0.2) is 0 Å². The van der Waals surface area contributed by atoms with E-state index in [2.05, 4.69) is 45.4 Å². The standard InChI is InChI=1S/C16H16N4S/c1-3-7-12(8-4-1)14-11-13-15(21-14)17-16(19-18-13)20-9-5-2-6-10-20/h1,3-4,7-8,11H,2,5-6,9-10H2. The molecule has 0 bridgehead atoms. The van der Waals surface area contributed by atoms with E-state index in [9.17, 15) is 0 Å². The van der Waals surface area contributed by atoms with Gasteiger partial charge < -0.3 is 4.90 Å². The van der Waals surface area contributed by atoms with Crippen LogP contribution in [0.4, 0.5) is 5.95 Å². The van der Waals surface area contributed by atoms with Crippen molar-refractivity contribution in [1.82, 2.24) is 15.2 Å². The van der Waals surface area contributed by atoms with Crippen LogP contribution < -0.4 is 4.90 Å². The quantitative estimate of drug-likeness (QED) is 0.722. The predicted molar refractivity (Wildman–Crippen MR) is 86.7 cm³/mol. The fourth-order valence-corrected chi connectivity index (χ4v) is 3.67. The van der Waals surface area contributed by atoms with E-state index < -0.39 is 0 Å². The first kappa shape index (κ1) is 12.7. The zero-order valence-electron chi connectivity index (χ0n) is 11.7. The van der Waals surface area contributed by atoms with Crippen LogP contribution in [0.3, 0.4) is 0 Å². The van der Waals surface area contributed by atoms with E-state index in [4.69, 9.17) is 4.98 Å². The Balaban J connectivity index is 1.71. The number of nitrogens with zero attached hydrogens (tertiary/aromatic N) is 4. The van der Waals surface area contributed by atoms with Crippen molar-refractivity contribution in [3.63, 3.8) is 0 Å². The summed E-state index contributed by atoms with van der Waals surface area (Å²) in [5.74, 6) is 0.781. The number of benzene rings is 1. The van der Waals surface area contributed by atoms with Crippen LogP contribution in [-0.2, 0) is 0 Å². The maximum absolute atomic E-state index is 4.72. The lowest BCUT2D eigenvalue weighted by atomic mass is 10.1. The fourth-order valence-electron chi connectivity index (χ4n) is 2.71. The maximum atomic E-state index is 4.72. The van der Waals surface area contributed by atoms with E-state index in [1.54, 1.807) is 11.3 Å². The first-order valence-electron chi connectivity index (χ1n) is 7.35. The summed E-state index contributed by atoms with van der Waals surface area (Å²) in [5.41, 5.74) is 2.10. The van der Waals surface area contributed by atoms with Gasteiger partial charge in [-0.3, -0.25) is 0 Å². The van der Waals surface area contributed by atoms with Crippen molar-refractivity contribution >= 4 is 27.6 Å². The Morgan fingerprint density at radius 2 is 1.76 bits per heavy atom. The predicted octanol–water partition coefficient (Wildman–Crippen LogP) is 3.74. The SMILES string of the molecule is c1ccc(-c2cc3nnc(N4CCCCC4)nc3s2)cc1. The number of fused-ring (bicyclic) bond motifs is 1. The smallest absolute Gasteiger partial charge is 0.246 e. The minimum absolute atomic E-state index is 0.781. The van der Waals surface area contributed by atoms with Gasteiger partial charge in [0.2, 0.25) is 5.95 Å². The second-order valence-electron chi connectivity index (χ2n) is 5.33. The van der Waals surface area contributed by atoms with Gasteiger partial charge in [0.25, 0.3) is 0 Å². The monoisotopic (exact) mass is 296 g/mol. The highest BCUT2D eigenvalue weighted by molar-refractivity contribution is 7.21. The largest absolute Gasteiger partial charge is 0.339 e. The summed E-state index contributed by atoms with van der Waals surface area (Å²) in [5, 5.41) is 8.67. The molecular weight excluding hydrogens is 280 g/mol. The summed E-state index contributed by atoms with van der Waals surface area (Å²) in [6.07, 6.45) is 3.76. The Kier molecular flexibility index (Phi) is 3.27. The number of rotatable bonds is 2. The van der Waals surface area contributed by atoms with Crippen molar-refractivity contribution < 1.29 is 0 Å². The van der Waals surface area contributed by atoms with Crippen molar-refractivity contribution in [2.75, 3.05) is 18.0 Å². The molecule has 0 amide bonds. The Bertz CT molecular complexity index is 747. The van der Waals surface area contributed by atoms with Crippen LogP contribution in [0.15, 0.2) is 36.4 Å². The van der Waals surface area contributed by atoms with E-state index in [1.165, 1.54) is 29.7 Å². The third kappa shape index (κ3) is 2.49. The van der Waals surface area contributed by atoms with Crippen LogP contribution in [0, 0.1) is 0 Å². The number of hydrogen-bond donors (Lipinski definition) is 0. The van der Waals surface area contributed by atoms with E-state index in [1.807, 2.05) is 6.07 Å². The lowest BCUT2D eigenvalue weighted by Gasteiger charge is -2.25. The van der Waals surface area contributed by atoms with Crippen molar-refractivity contribution in [1.29, 1.82) is 0 Å². The van der Waals surface area contributed by atoms with Gasteiger partial charge in [-0.1, -0.05) is 30.3 Å². The minimum Gasteiger partial charge on any atom is -0.339 e. The molecule has 4 rings (SSSR count). The molecule has 0 unspecified atom stereocenters. The average Bonchev–Trinajstić information content (AvgIpc) is 2.99. The van der Waals surface area contributed by atoms with Crippen molar-refractivity contribution in [3.05, 3.63) is 36.4 Å². The number of piperidine rings is 1. The normalized spacial score (nSPS) is 15.5. The third-order valence-electron chi connectivity index (χ3n) is 3.84. The van der Waals surface area contributed by atoms with Crippen LogP contribution in [0.2, 0.25) is 0 Å². The Morgan fingerprint density at radius 1 is 0.952 bits per heavy atom. The summed E-state index contributed by atoms with van der Waals surface area (Å²) in [6.45, 7) is 2.09. The molecule has 0 atom stereocenters. The van der Waals surface area contributed by atoms with Crippen molar-refractivity contribution in [3.8, 4) is 10.4 Å². The molecule has 1 fully saturated rings. The third-order valence-corrected chi connectivity index (χ3v) is 4.91. The Hall–Kier alpha value is -2.01. The number of anilines is 1. The van der Waals surface area contributed by atoms with Gasteiger partial charge >= 0.3 is 0 Å². The zero-order valence-corrected chi connectivity index (χ0v) is 12.5. The van der Waals surface area contributed by atoms with Gasteiger partial charge in [-0.15, -0.1) is 21.5 Å². The molecule has 1 aliphatic heterocycles. The summed E-state index contributed by atoms with van der Waals surface area (Å²) >= 11 is 1.69. The van der Waals surface area contributed by atoms with E-state index >= 15 is 0 Å². The van der Waals surface area contributed by atoms with Crippen LogP contribution >= 0.6 is 11.3 Å². The Morgan fingerprint density at radius 3 is 2.57 bits per heavy atom. The van der Waals surface area contributed by atoms with Crippen LogP contribution in [0.5, 0.6) is 0 Å². The fraction of sp³-hybridized carbons (Fsp3) is 0.312. The van der Waals surface area contributed by atoms with Gasteiger partial charge in [0.05, 0.1) is 0 Å². The van der Waals surface area contributed by atoms with Gasteiger partial charge in [0.1, 0.15) is 10.3 Å². The number of thiophene rings is 1. The van der Waals surface area contributed by atoms with Crippen LogP contribution in [0.1, 0.15) is 19.3 Å². The molecule has 1 saturated heterocycles. The van der Waals surface area contributed by atoms with Gasteiger partial charge in [-0.2, -0.15) is 4.98 Å². The minimum atomic E-state index is 0.781. The van der Waals surface area contributed by atoms with E-state index in [0.717, 1.165) is 29.4 Å². The van der Waals surface area contributed by atoms with Crippen LogP contribution in [-0.4, -0.2) is 28.3 Å². The molecule has 106 valence electrons. The molecule has 5 heteroatoms. The molecule has 0 N–H and O–H groups in total. The molecule has 1 aromatic carbocycles. The topological polar surface area (TPSA) is 41.9 Å². The highest BCUT2D eigenvalue weighted by atomic mass is 32.1. The second kappa shape index (κ2) is 5.41.